The molecule has 0 atom stereocenters. The molecule has 0 spiro atoms. The zero-order chi connectivity index (χ0) is 20.2. The molecular formula is C20H15BrFN5O2. The van der Waals surface area contributed by atoms with Gasteiger partial charge in [0.2, 0.25) is 5.88 Å². The molecule has 0 fully saturated rings. The summed E-state index contributed by atoms with van der Waals surface area (Å²) >= 11 is 3.35. The summed E-state index contributed by atoms with van der Waals surface area (Å²) in [7, 11) is 0. The van der Waals surface area contributed by atoms with Crippen LogP contribution in [0.15, 0.2) is 65.1 Å². The SMILES string of the molecule is O=C(NCCOc1ccc2nnc(-c3ccc(F)cc3)n2n1)c1ccccc1Br. The number of hydrogen-bond donors (Lipinski definition) is 1. The number of nitrogens with zero attached hydrogens (tertiary/aromatic N) is 4. The quantitative estimate of drug-likeness (QED) is 0.450. The molecular weight excluding hydrogens is 441 g/mol. The minimum absolute atomic E-state index is 0.193. The fourth-order valence-corrected chi connectivity index (χ4v) is 3.15. The molecule has 0 radical (unpaired) electrons. The summed E-state index contributed by atoms with van der Waals surface area (Å²) in [4.78, 5) is 12.2. The second-order valence-corrected chi connectivity index (χ2v) is 6.91. The number of rotatable bonds is 6. The first kappa shape index (κ1) is 19.0. The largest absolute Gasteiger partial charge is 0.475 e. The molecule has 1 N–H and O–H groups in total. The van der Waals surface area contributed by atoms with E-state index in [2.05, 4.69) is 36.5 Å². The molecule has 146 valence electrons. The van der Waals surface area contributed by atoms with Crippen LogP contribution in [0.5, 0.6) is 5.88 Å². The van der Waals surface area contributed by atoms with E-state index in [4.69, 9.17) is 4.74 Å². The molecule has 2 aromatic heterocycles. The van der Waals surface area contributed by atoms with Gasteiger partial charge in [0.1, 0.15) is 12.4 Å². The maximum absolute atomic E-state index is 13.2. The normalized spacial score (nSPS) is 10.8. The number of carbonyl (C=O) groups excluding carboxylic acids is 1. The zero-order valence-electron chi connectivity index (χ0n) is 15.0. The number of aromatic nitrogens is 4. The van der Waals surface area contributed by atoms with Crippen LogP contribution in [0.3, 0.4) is 0 Å². The van der Waals surface area contributed by atoms with Crippen LogP contribution in [-0.2, 0) is 0 Å². The van der Waals surface area contributed by atoms with E-state index in [0.29, 0.717) is 35.0 Å². The van der Waals surface area contributed by atoms with Crippen molar-refractivity contribution in [2.24, 2.45) is 0 Å². The van der Waals surface area contributed by atoms with Crippen LogP contribution in [0.4, 0.5) is 4.39 Å². The lowest BCUT2D eigenvalue weighted by Crippen LogP contribution is -2.28. The fourth-order valence-electron chi connectivity index (χ4n) is 2.69. The number of halogens is 2. The van der Waals surface area contributed by atoms with Crippen molar-refractivity contribution in [2.75, 3.05) is 13.2 Å². The first-order chi connectivity index (χ1) is 14.1. The number of nitrogens with one attached hydrogen (secondary N) is 1. The Labute approximate surface area is 173 Å². The van der Waals surface area contributed by atoms with Crippen molar-refractivity contribution in [3.05, 3.63) is 76.5 Å². The van der Waals surface area contributed by atoms with E-state index in [1.165, 1.54) is 16.6 Å². The van der Waals surface area contributed by atoms with Crippen molar-refractivity contribution in [3.63, 3.8) is 0 Å². The summed E-state index contributed by atoms with van der Waals surface area (Å²) in [6.45, 7) is 0.551. The van der Waals surface area contributed by atoms with Crippen LogP contribution in [-0.4, -0.2) is 38.9 Å². The Morgan fingerprint density at radius 3 is 2.66 bits per heavy atom. The Balaban J connectivity index is 1.41. The Morgan fingerprint density at radius 1 is 1.07 bits per heavy atom. The molecule has 29 heavy (non-hydrogen) atoms. The minimum Gasteiger partial charge on any atom is -0.475 e. The molecule has 0 aliphatic carbocycles. The van der Waals surface area contributed by atoms with Gasteiger partial charge in [-0.05, 0) is 58.4 Å². The molecule has 2 heterocycles. The van der Waals surface area contributed by atoms with E-state index in [-0.39, 0.29) is 18.3 Å². The van der Waals surface area contributed by atoms with Gasteiger partial charge in [0.05, 0.1) is 12.1 Å². The molecule has 0 saturated heterocycles. The van der Waals surface area contributed by atoms with Gasteiger partial charge in [0, 0.05) is 16.1 Å². The summed E-state index contributed by atoms with van der Waals surface area (Å²) in [6, 6.07) is 16.5. The van der Waals surface area contributed by atoms with Crippen LogP contribution in [0.1, 0.15) is 10.4 Å². The molecule has 9 heteroatoms. The van der Waals surface area contributed by atoms with Gasteiger partial charge in [-0.15, -0.1) is 15.3 Å². The monoisotopic (exact) mass is 455 g/mol. The van der Waals surface area contributed by atoms with Crippen LogP contribution in [0, 0.1) is 5.82 Å². The fraction of sp³-hybridized carbons (Fsp3) is 0.100. The highest BCUT2D eigenvalue weighted by Gasteiger charge is 2.11. The van der Waals surface area contributed by atoms with Gasteiger partial charge in [-0.2, -0.15) is 4.52 Å². The average molecular weight is 456 g/mol. The smallest absolute Gasteiger partial charge is 0.252 e. The summed E-state index contributed by atoms with van der Waals surface area (Å²) in [5, 5.41) is 15.3. The maximum atomic E-state index is 13.2. The van der Waals surface area contributed by atoms with Gasteiger partial charge in [0.15, 0.2) is 11.5 Å². The lowest BCUT2D eigenvalue weighted by molar-refractivity contribution is 0.0945. The van der Waals surface area contributed by atoms with Gasteiger partial charge in [-0.3, -0.25) is 4.79 Å². The molecule has 4 rings (SSSR count). The third kappa shape index (κ3) is 4.24. The first-order valence-electron chi connectivity index (χ1n) is 8.76. The Hall–Kier alpha value is -3.33. The third-order valence-corrected chi connectivity index (χ3v) is 4.79. The number of hydrogen-bond acceptors (Lipinski definition) is 5. The number of amides is 1. The van der Waals surface area contributed by atoms with Crippen molar-refractivity contribution in [2.45, 2.75) is 0 Å². The van der Waals surface area contributed by atoms with E-state index in [1.807, 2.05) is 12.1 Å². The lowest BCUT2D eigenvalue weighted by Gasteiger charge is -2.08. The molecule has 7 nitrogen and oxygen atoms in total. The standard InChI is InChI=1S/C20H15BrFN5O2/c21-16-4-2-1-3-15(16)20(28)23-11-12-29-18-10-9-17-24-25-19(27(17)26-18)13-5-7-14(22)8-6-13/h1-10H,11-12H2,(H,23,28). The van der Waals surface area contributed by atoms with Gasteiger partial charge in [-0.25, -0.2) is 4.39 Å². The Bertz CT molecular complexity index is 1160. The minimum atomic E-state index is -0.330. The molecule has 4 aromatic rings. The average Bonchev–Trinajstić information content (AvgIpc) is 3.15. The number of carbonyl (C=O) groups is 1. The first-order valence-corrected chi connectivity index (χ1v) is 9.55. The second-order valence-electron chi connectivity index (χ2n) is 6.06. The van der Waals surface area contributed by atoms with E-state index in [0.717, 1.165) is 4.47 Å². The van der Waals surface area contributed by atoms with Crippen LogP contribution in [0.2, 0.25) is 0 Å². The molecule has 2 aromatic carbocycles. The van der Waals surface area contributed by atoms with Crippen molar-refractivity contribution in [1.29, 1.82) is 0 Å². The highest BCUT2D eigenvalue weighted by molar-refractivity contribution is 9.10. The Morgan fingerprint density at radius 2 is 1.86 bits per heavy atom. The van der Waals surface area contributed by atoms with Crippen molar-refractivity contribution < 1.29 is 13.9 Å². The van der Waals surface area contributed by atoms with Crippen LogP contribution < -0.4 is 10.1 Å². The number of ether oxygens (including phenoxy) is 1. The molecule has 0 bridgehead atoms. The predicted molar refractivity (Wildman–Crippen MR) is 108 cm³/mol. The highest BCUT2D eigenvalue weighted by atomic mass is 79.9. The van der Waals surface area contributed by atoms with Crippen LogP contribution in [0.25, 0.3) is 17.0 Å². The van der Waals surface area contributed by atoms with E-state index in [1.54, 1.807) is 36.4 Å². The summed E-state index contributed by atoms with van der Waals surface area (Å²) in [6.07, 6.45) is 0. The van der Waals surface area contributed by atoms with Gasteiger partial charge in [-0.1, -0.05) is 12.1 Å². The second kappa shape index (κ2) is 8.36. The van der Waals surface area contributed by atoms with E-state index in [9.17, 15) is 9.18 Å². The van der Waals surface area contributed by atoms with Crippen molar-refractivity contribution in [1.82, 2.24) is 25.1 Å². The van der Waals surface area contributed by atoms with E-state index >= 15 is 0 Å². The summed E-state index contributed by atoms with van der Waals surface area (Å²) in [5.74, 6) is 0.314. The van der Waals surface area contributed by atoms with E-state index < -0.39 is 0 Å². The van der Waals surface area contributed by atoms with Gasteiger partial charge < -0.3 is 10.1 Å². The Kier molecular flexibility index (Phi) is 5.48. The van der Waals surface area contributed by atoms with Gasteiger partial charge in [0.25, 0.3) is 5.91 Å². The van der Waals surface area contributed by atoms with Crippen molar-refractivity contribution >= 4 is 27.5 Å². The lowest BCUT2D eigenvalue weighted by atomic mass is 10.2. The number of fused-ring (bicyclic) bond motifs is 1. The van der Waals surface area contributed by atoms with Crippen molar-refractivity contribution in [3.8, 4) is 17.3 Å². The molecule has 1 amide bonds. The molecule has 0 saturated carbocycles. The van der Waals surface area contributed by atoms with Crippen LogP contribution >= 0.6 is 15.9 Å². The number of benzene rings is 2. The highest BCUT2D eigenvalue weighted by Crippen LogP contribution is 2.19. The van der Waals surface area contributed by atoms with Gasteiger partial charge >= 0.3 is 0 Å². The summed E-state index contributed by atoms with van der Waals surface area (Å²) in [5.41, 5.74) is 1.78. The zero-order valence-corrected chi connectivity index (χ0v) is 16.6. The summed E-state index contributed by atoms with van der Waals surface area (Å²) < 4.78 is 21.0. The molecule has 0 aliphatic rings. The predicted octanol–water partition coefficient (Wildman–Crippen LogP) is 3.50. The third-order valence-electron chi connectivity index (χ3n) is 4.10. The maximum Gasteiger partial charge on any atom is 0.252 e. The molecule has 0 aliphatic heterocycles. The topological polar surface area (TPSA) is 81.4 Å². The molecule has 0 unspecified atom stereocenters.